The Morgan fingerprint density at radius 1 is 1.27 bits per heavy atom. The molecule has 0 bridgehead atoms. The van der Waals surface area contributed by atoms with E-state index < -0.39 is 0 Å². The van der Waals surface area contributed by atoms with Gasteiger partial charge in [-0.2, -0.15) is 0 Å². The number of para-hydroxylation sites is 1. The molecule has 2 rings (SSSR count). The second-order valence-corrected chi connectivity index (χ2v) is 5.50. The summed E-state index contributed by atoms with van der Waals surface area (Å²) in [6.45, 7) is 3.89. The lowest BCUT2D eigenvalue weighted by molar-refractivity contribution is 0.326. The smallest absolute Gasteiger partial charge is 0.213 e. The fourth-order valence-corrected chi connectivity index (χ4v) is 2.52. The lowest BCUT2D eigenvalue weighted by Gasteiger charge is -2.23. The van der Waals surface area contributed by atoms with Crippen LogP contribution in [0.15, 0.2) is 47.6 Å². The highest BCUT2D eigenvalue weighted by molar-refractivity contribution is 14.0. The first-order valence-electron chi connectivity index (χ1n) is 8.29. The average Bonchev–Trinajstić information content (AvgIpc) is 2.63. The number of nitrogens with one attached hydrogen (secondary N) is 1. The Labute approximate surface area is 172 Å². The number of hydrogen-bond donors (Lipinski definition) is 1. The Kier molecular flexibility index (Phi) is 9.79. The number of guanidine groups is 1. The van der Waals surface area contributed by atoms with Gasteiger partial charge in [-0.25, -0.2) is 4.98 Å². The molecule has 0 aliphatic carbocycles. The van der Waals surface area contributed by atoms with Crippen molar-refractivity contribution in [3.05, 3.63) is 53.7 Å². The van der Waals surface area contributed by atoms with Gasteiger partial charge >= 0.3 is 0 Å². The molecule has 0 unspecified atom stereocenters. The molecule has 0 amide bonds. The number of nitrogens with zero attached hydrogens (tertiary/aromatic N) is 3. The Morgan fingerprint density at radius 3 is 2.73 bits per heavy atom. The van der Waals surface area contributed by atoms with Crippen LogP contribution in [0.4, 0.5) is 0 Å². The molecular weight excluding hydrogens is 443 g/mol. The lowest BCUT2D eigenvalue weighted by atomic mass is 10.2. The van der Waals surface area contributed by atoms with E-state index >= 15 is 0 Å². The number of benzene rings is 1. The van der Waals surface area contributed by atoms with Gasteiger partial charge < -0.3 is 19.7 Å². The van der Waals surface area contributed by atoms with E-state index in [0.717, 1.165) is 22.8 Å². The summed E-state index contributed by atoms with van der Waals surface area (Å²) in [5, 5.41) is 3.36. The zero-order valence-corrected chi connectivity index (χ0v) is 18.1. The number of aromatic nitrogens is 1. The van der Waals surface area contributed by atoms with E-state index in [4.69, 9.17) is 9.47 Å². The number of pyridine rings is 1. The van der Waals surface area contributed by atoms with Crippen molar-refractivity contribution in [2.45, 2.75) is 20.0 Å². The molecule has 6 nitrogen and oxygen atoms in total. The molecule has 0 radical (unpaired) electrons. The minimum absolute atomic E-state index is 0. The Morgan fingerprint density at radius 2 is 2.04 bits per heavy atom. The van der Waals surface area contributed by atoms with Crippen LogP contribution in [0.5, 0.6) is 11.6 Å². The van der Waals surface area contributed by atoms with Gasteiger partial charge in [0.05, 0.1) is 13.7 Å². The molecule has 2 aromatic rings. The highest BCUT2D eigenvalue weighted by Gasteiger charge is 2.10. The van der Waals surface area contributed by atoms with Crippen molar-refractivity contribution >= 4 is 29.9 Å². The average molecular weight is 470 g/mol. The first kappa shape index (κ1) is 22.0. The fraction of sp³-hybridized carbons (Fsp3) is 0.368. The van der Waals surface area contributed by atoms with E-state index in [1.54, 1.807) is 20.4 Å². The van der Waals surface area contributed by atoms with Gasteiger partial charge in [0.2, 0.25) is 5.88 Å². The van der Waals surface area contributed by atoms with E-state index in [1.165, 1.54) is 0 Å². The molecule has 0 aliphatic heterocycles. The Bertz CT molecular complexity index is 709. The SMILES string of the molecule is CCOc1cc(CNC(=NC)N(C)Cc2ccccc2OC)ccn1.I. The van der Waals surface area contributed by atoms with Crippen molar-refractivity contribution < 1.29 is 9.47 Å². The van der Waals surface area contributed by atoms with Crippen LogP contribution in [0.25, 0.3) is 0 Å². The minimum Gasteiger partial charge on any atom is -0.496 e. The second-order valence-electron chi connectivity index (χ2n) is 5.50. The van der Waals surface area contributed by atoms with Gasteiger partial charge in [-0.15, -0.1) is 24.0 Å². The summed E-state index contributed by atoms with van der Waals surface area (Å²) in [4.78, 5) is 10.6. The highest BCUT2D eigenvalue weighted by atomic mass is 127. The van der Waals surface area contributed by atoms with E-state index in [-0.39, 0.29) is 24.0 Å². The van der Waals surface area contributed by atoms with Crippen LogP contribution in [0.1, 0.15) is 18.1 Å². The number of hydrogen-bond acceptors (Lipinski definition) is 4. The van der Waals surface area contributed by atoms with E-state index in [0.29, 0.717) is 25.6 Å². The maximum Gasteiger partial charge on any atom is 0.213 e. The molecule has 1 aromatic heterocycles. The first-order chi connectivity index (χ1) is 12.2. The number of ether oxygens (including phenoxy) is 2. The van der Waals surface area contributed by atoms with Gasteiger partial charge in [-0.1, -0.05) is 18.2 Å². The largest absolute Gasteiger partial charge is 0.496 e. The van der Waals surface area contributed by atoms with Crippen molar-refractivity contribution in [2.24, 2.45) is 4.99 Å². The molecule has 0 atom stereocenters. The molecular formula is C19H27IN4O2. The third-order valence-electron chi connectivity index (χ3n) is 3.72. The van der Waals surface area contributed by atoms with E-state index in [1.807, 2.05) is 44.3 Å². The molecule has 0 spiro atoms. The molecule has 1 N–H and O–H groups in total. The molecule has 1 aromatic carbocycles. The maximum absolute atomic E-state index is 5.44. The summed E-state index contributed by atoms with van der Waals surface area (Å²) >= 11 is 0. The second kappa shape index (κ2) is 11.6. The first-order valence-corrected chi connectivity index (χ1v) is 8.29. The number of rotatable bonds is 7. The van der Waals surface area contributed by atoms with Gasteiger partial charge in [0.15, 0.2) is 5.96 Å². The molecule has 0 saturated heterocycles. The van der Waals surface area contributed by atoms with Gasteiger partial charge in [-0.05, 0) is 24.6 Å². The van der Waals surface area contributed by atoms with Crippen LogP contribution in [0.3, 0.4) is 0 Å². The molecule has 142 valence electrons. The third-order valence-corrected chi connectivity index (χ3v) is 3.72. The van der Waals surface area contributed by atoms with Crippen molar-refractivity contribution in [2.75, 3.05) is 27.8 Å². The van der Waals surface area contributed by atoms with Crippen molar-refractivity contribution in [3.8, 4) is 11.6 Å². The zero-order chi connectivity index (χ0) is 18.1. The van der Waals surface area contributed by atoms with Crippen LogP contribution in [-0.2, 0) is 13.1 Å². The summed E-state index contributed by atoms with van der Waals surface area (Å²) < 4.78 is 10.9. The summed E-state index contributed by atoms with van der Waals surface area (Å²) in [5.74, 6) is 2.32. The molecule has 1 heterocycles. The van der Waals surface area contributed by atoms with Gasteiger partial charge in [0, 0.05) is 45.0 Å². The monoisotopic (exact) mass is 470 g/mol. The number of halogens is 1. The quantitative estimate of drug-likeness (QED) is 0.382. The number of aliphatic imine (C=N–C) groups is 1. The van der Waals surface area contributed by atoms with E-state index in [2.05, 4.69) is 26.3 Å². The summed E-state index contributed by atoms with van der Waals surface area (Å²) in [6.07, 6.45) is 1.75. The van der Waals surface area contributed by atoms with Crippen LogP contribution in [0.2, 0.25) is 0 Å². The molecule has 7 heteroatoms. The number of methoxy groups -OCH3 is 1. The predicted octanol–water partition coefficient (Wildman–Crippen LogP) is 3.31. The molecule has 0 fully saturated rings. The predicted molar refractivity (Wildman–Crippen MR) is 115 cm³/mol. The van der Waals surface area contributed by atoms with Crippen LogP contribution in [0, 0.1) is 0 Å². The minimum atomic E-state index is 0. The van der Waals surface area contributed by atoms with Crippen LogP contribution < -0.4 is 14.8 Å². The Hall–Kier alpha value is -2.03. The normalized spacial score (nSPS) is 10.7. The van der Waals surface area contributed by atoms with Crippen molar-refractivity contribution in [3.63, 3.8) is 0 Å². The summed E-state index contributed by atoms with van der Waals surface area (Å²) in [7, 11) is 5.46. The van der Waals surface area contributed by atoms with Crippen LogP contribution in [-0.4, -0.2) is 43.7 Å². The van der Waals surface area contributed by atoms with Gasteiger partial charge in [0.1, 0.15) is 5.75 Å². The summed E-state index contributed by atoms with van der Waals surface area (Å²) in [6, 6.07) is 11.9. The lowest BCUT2D eigenvalue weighted by Crippen LogP contribution is -2.38. The van der Waals surface area contributed by atoms with E-state index in [9.17, 15) is 0 Å². The highest BCUT2D eigenvalue weighted by Crippen LogP contribution is 2.18. The fourth-order valence-electron chi connectivity index (χ4n) is 2.52. The Balaban J connectivity index is 0.00000338. The van der Waals surface area contributed by atoms with Crippen LogP contribution >= 0.6 is 24.0 Å². The van der Waals surface area contributed by atoms with Crippen molar-refractivity contribution in [1.82, 2.24) is 15.2 Å². The van der Waals surface area contributed by atoms with Gasteiger partial charge in [-0.3, -0.25) is 4.99 Å². The topological polar surface area (TPSA) is 59.0 Å². The maximum atomic E-state index is 5.44. The molecule has 26 heavy (non-hydrogen) atoms. The van der Waals surface area contributed by atoms with Gasteiger partial charge in [0.25, 0.3) is 0 Å². The summed E-state index contributed by atoms with van der Waals surface area (Å²) in [5.41, 5.74) is 2.20. The molecule has 0 saturated carbocycles. The standard InChI is InChI=1S/C19H26N4O2.HI/c1-5-25-18-12-15(10-11-21-18)13-22-19(20-2)23(3)14-16-8-6-7-9-17(16)24-4;/h6-12H,5,13-14H2,1-4H3,(H,20,22);1H. The zero-order valence-electron chi connectivity index (χ0n) is 15.7. The third kappa shape index (κ3) is 6.36. The van der Waals surface area contributed by atoms with Crippen molar-refractivity contribution in [1.29, 1.82) is 0 Å². The molecule has 0 aliphatic rings.